The molecule has 0 saturated carbocycles. The number of thiophene rings is 1. The first-order chi connectivity index (χ1) is 8.68. The van der Waals surface area contributed by atoms with Crippen molar-refractivity contribution in [3.05, 3.63) is 58.0 Å². The number of carbonyl (C=O) groups is 1. The topological polar surface area (TPSA) is 49.3 Å². The SMILES string of the molecule is O=C(O)C(NCc1cccs1)c1ccccc1F. The van der Waals surface area contributed by atoms with E-state index in [4.69, 9.17) is 5.11 Å². The lowest BCUT2D eigenvalue weighted by Gasteiger charge is -2.14. The van der Waals surface area contributed by atoms with Crippen molar-refractivity contribution in [1.29, 1.82) is 0 Å². The van der Waals surface area contributed by atoms with Gasteiger partial charge in [0.25, 0.3) is 0 Å². The van der Waals surface area contributed by atoms with Crippen molar-refractivity contribution in [1.82, 2.24) is 5.32 Å². The van der Waals surface area contributed by atoms with Crippen molar-refractivity contribution in [3.63, 3.8) is 0 Å². The number of hydrogen-bond donors (Lipinski definition) is 2. The summed E-state index contributed by atoms with van der Waals surface area (Å²) in [5.74, 6) is -1.60. The second-order valence-electron chi connectivity index (χ2n) is 3.75. The molecule has 0 spiro atoms. The molecule has 1 unspecified atom stereocenters. The molecular weight excluding hydrogens is 253 g/mol. The van der Waals surface area contributed by atoms with Gasteiger partial charge in [-0.15, -0.1) is 11.3 Å². The zero-order valence-corrected chi connectivity index (χ0v) is 10.3. The minimum Gasteiger partial charge on any atom is -0.480 e. The average molecular weight is 265 g/mol. The Labute approximate surface area is 108 Å². The fourth-order valence-corrected chi connectivity index (χ4v) is 2.31. The molecule has 1 aromatic carbocycles. The lowest BCUT2D eigenvalue weighted by atomic mass is 10.1. The van der Waals surface area contributed by atoms with Crippen LogP contribution in [0.2, 0.25) is 0 Å². The quantitative estimate of drug-likeness (QED) is 0.874. The molecule has 94 valence electrons. The summed E-state index contributed by atoms with van der Waals surface area (Å²) in [5.41, 5.74) is 0.154. The van der Waals surface area contributed by atoms with Crippen LogP contribution in [0.3, 0.4) is 0 Å². The Kier molecular flexibility index (Phi) is 4.07. The van der Waals surface area contributed by atoms with Gasteiger partial charge in [0.05, 0.1) is 0 Å². The summed E-state index contributed by atoms with van der Waals surface area (Å²) in [6.45, 7) is 0.406. The molecule has 0 aliphatic rings. The molecule has 1 heterocycles. The maximum absolute atomic E-state index is 13.6. The molecule has 0 aliphatic carbocycles. The zero-order chi connectivity index (χ0) is 13.0. The van der Waals surface area contributed by atoms with E-state index in [2.05, 4.69) is 5.32 Å². The van der Waals surface area contributed by atoms with Crippen molar-refractivity contribution in [3.8, 4) is 0 Å². The molecule has 0 fully saturated rings. The number of benzene rings is 1. The first kappa shape index (κ1) is 12.7. The lowest BCUT2D eigenvalue weighted by molar-refractivity contribution is -0.139. The molecule has 0 bridgehead atoms. The summed E-state index contributed by atoms with van der Waals surface area (Å²) in [6.07, 6.45) is 0. The molecule has 0 saturated heterocycles. The van der Waals surface area contributed by atoms with Crippen LogP contribution in [0.5, 0.6) is 0 Å². The molecule has 1 atom stereocenters. The number of carboxylic acids is 1. The molecule has 1 aromatic heterocycles. The second-order valence-corrected chi connectivity index (χ2v) is 4.79. The van der Waals surface area contributed by atoms with Gasteiger partial charge in [-0.1, -0.05) is 24.3 Å². The molecule has 0 amide bonds. The maximum Gasteiger partial charge on any atom is 0.325 e. The zero-order valence-electron chi connectivity index (χ0n) is 9.47. The molecule has 2 N–H and O–H groups in total. The van der Waals surface area contributed by atoms with E-state index in [0.717, 1.165) is 4.88 Å². The highest BCUT2D eigenvalue weighted by Gasteiger charge is 2.22. The monoisotopic (exact) mass is 265 g/mol. The normalized spacial score (nSPS) is 12.3. The van der Waals surface area contributed by atoms with Gasteiger partial charge in [-0.25, -0.2) is 4.39 Å². The highest BCUT2D eigenvalue weighted by atomic mass is 32.1. The van der Waals surface area contributed by atoms with E-state index in [-0.39, 0.29) is 5.56 Å². The van der Waals surface area contributed by atoms with Crippen molar-refractivity contribution in [2.75, 3.05) is 0 Å². The van der Waals surface area contributed by atoms with Crippen LogP contribution in [0.25, 0.3) is 0 Å². The predicted molar refractivity (Wildman–Crippen MR) is 67.9 cm³/mol. The van der Waals surface area contributed by atoms with Gasteiger partial charge >= 0.3 is 5.97 Å². The Morgan fingerprint density at radius 3 is 2.72 bits per heavy atom. The third-order valence-electron chi connectivity index (χ3n) is 2.52. The van der Waals surface area contributed by atoms with Crippen LogP contribution in [0.15, 0.2) is 41.8 Å². The number of hydrogen-bond acceptors (Lipinski definition) is 3. The molecule has 18 heavy (non-hydrogen) atoms. The van der Waals surface area contributed by atoms with Crippen LogP contribution in [0.1, 0.15) is 16.5 Å². The van der Waals surface area contributed by atoms with Crippen molar-refractivity contribution in [2.24, 2.45) is 0 Å². The van der Waals surface area contributed by atoms with Crippen LogP contribution >= 0.6 is 11.3 Å². The average Bonchev–Trinajstić information content (AvgIpc) is 2.84. The third-order valence-corrected chi connectivity index (χ3v) is 3.40. The summed E-state index contributed by atoms with van der Waals surface area (Å²) in [5, 5.41) is 13.9. The number of aliphatic carboxylic acids is 1. The summed E-state index contributed by atoms with van der Waals surface area (Å²) in [6, 6.07) is 8.66. The summed E-state index contributed by atoms with van der Waals surface area (Å²) >= 11 is 1.53. The van der Waals surface area contributed by atoms with Gasteiger partial charge in [0.1, 0.15) is 11.9 Å². The predicted octanol–water partition coefficient (Wildman–Crippen LogP) is 2.80. The van der Waals surface area contributed by atoms with Gasteiger partial charge < -0.3 is 5.11 Å². The smallest absolute Gasteiger partial charge is 0.325 e. The fourth-order valence-electron chi connectivity index (χ4n) is 1.66. The molecule has 3 nitrogen and oxygen atoms in total. The van der Waals surface area contributed by atoms with Crippen LogP contribution in [-0.4, -0.2) is 11.1 Å². The summed E-state index contributed by atoms with van der Waals surface area (Å²) in [4.78, 5) is 12.2. The first-order valence-corrected chi connectivity index (χ1v) is 6.29. The summed E-state index contributed by atoms with van der Waals surface area (Å²) < 4.78 is 13.6. The van der Waals surface area contributed by atoms with Gasteiger partial charge in [-0.3, -0.25) is 10.1 Å². The van der Waals surface area contributed by atoms with Crippen LogP contribution < -0.4 is 5.32 Å². The van der Waals surface area contributed by atoms with E-state index >= 15 is 0 Å². The highest BCUT2D eigenvalue weighted by molar-refractivity contribution is 7.09. The van der Waals surface area contributed by atoms with Crippen LogP contribution in [0.4, 0.5) is 4.39 Å². The number of carboxylic acid groups (broad SMARTS) is 1. The van der Waals surface area contributed by atoms with Gasteiger partial charge in [0, 0.05) is 17.0 Å². The Hall–Kier alpha value is -1.72. The summed E-state index contributed by atoms with van der Waals surface area (Å²) in [7, 11) is 0. The molecule has 2 aromatic rings. The van der Waals surface area contributed by atoms with E-state index in [1.54, 1.807) is 6.07 Å². The Morgan fingerprint density at radius 2 is 2.11 bits per heavy atom. The van der Waals surface area contributed by atoms with Crippen molar-refractivity contribution >= 4 is 17.3 Å². The van der Waals surface area contributed by atoms with E-state index in [1.807, 2.05) is 17.5 Å². The van der Waals surface area contributed by atoms with Crippen molar-refractivity contribution < 1.29 is 14.3 Å². The van der Waals surface area contributed by atoms with Gasteiger partial charge in [0.15, 0.2) is 0 Å². The highest BCUT2D eigenvalue weighted by Crippen LogP contribution is 2.18. The van der Waals surface area contributed by atoms with E-state index in [9.17, 15) is 9.18 Å². The Morgan fingerprint density at radius 1 is 1.33 bits per heavy atom. The van der Waals surface area contributed by atoms with E-state index in [1.165, 1.54) is 29.5 Å². The second kappa shape index (κ2) is 5.75. The largest absolute Gasteiger partial charge is 0.480 e. The maximum atomic E-state index is 13.6. The lowest BCUT2D eigenvalue weighted by Crippen LogP contribution is -2.28. The van der Waals surface area contributed by atoms with Crippen LogP contribution in [-0.2, 0) is 11.3 Å². The van der Waals surface area contributed by atoms with Crippen LogP contribution in [0, 0.1) is 5.82 Å². The third kappa shape index (κ3) is 2.94. The van der Waals surface area contributed by atoms with E-state index in [0.29, 0.717) is 6.54 Å². The minimum absolute atomic E-state index is 0.154. The first-order valence-electron chi connectivity index (χ1n) is 5.41. The fraction of sp³-hybridized carbons (Fsp3) is 0.154. The standard InChI is InChI=1S/C13H12FNO2S/c14-11-6-2-1-5-10(11)12(13(16)17)15-8-9-4-3-7-18-9/h1-7,12,15H,8H2,(H,16,17). The number of nitrogens with one attached hydrogen (secondary N) is 1. The molecule has 0 radical (unpaired) electrons. The molecular formula is C13H12FNO2S. The van der Waals surface area contributed by atoms with Gasteiger partial charge in [0.2, 0.25) is 0 Å². The van der Waals surface area contributed by atoms with Crippen molar-refractivity contribution in [2.45, 2.75) is 12.6 Å². The Balaban J connectivity index is 2.14. The van der Waals surface area contributed by atoms with Gasteiger partial charge in [-0.2, -0.15) is 0 Å². The molecule has 0 aliphatic heterocycles. The minimum atomic E-state index is -1.09. The molecule has 5 heteroatoms. The van der Waals surface area contributed by atoms with E-state index < -0.39 is 17.8 Å². The number of rotatable bonds is 5. The Bertz CT molecular complexity index is 528. The molecule has 2 rings (SSSR count). The number of halogens is 1. The van der Waals surface area contributed by atoms with Gasteiger partial charge in [-0.05, 0) is 17.5 Å².